The number of halogens is 1. The van der Waals surface area contributed by atoms with Crippen LogP contribution >= 0.6 is 0 Å². The van der Waals surface area contributed by atoms with Gasteiger partial charge in [0.15, 0.2) is 0 Å². The van der Waals surface area contributed by atoms with E-state index in [1.807, 2.05) is 13.0 Å². The van der Waals surface area contributed by atoms with Gasteiger partial charge in [-0.05, 0) is 43.0 Å². The van der Waals surface area contributed by atoms with Gasteiger partial charge in [-0.3, -0.25) is 4.79 Å². The van der Waals surface area contributed by atoms with Gasteiger partial charge in [-0.25, -0.2) is 14.4 Å². The molecule has 0 bridgehead atoms. The maximum Gasteiger partial charge on any atom is 0.226 e. The Morgan fingerprint density at radius 2 is 2.07 bits per heavy atom. The first-order chi connectivity index (χ1) is 14.4. The second-order valence-electron chi connectivity index (χ2n) is 7.70. The molecule has 1 aliphatic rings. The largest absolute Gasteiger partial charge is 0.384 e. The van der Waals surface area contributed by atoms with Crippen molar-refractivity contribution in [2.75, 3.05) is 30.8 Å². The van der Waals surface area contributed by atoms with Gasteiger partial charge in [0.1, 0.15) is 23.8 Å². The second-order valence-corrected chi connectivity index (χ2v) is 7.70. The number of hydrogen-bond acceptors (Lipinski definition) is 6. The fourth-order valence-corrected chi connectivity index (χ4v) is 4.06. The number of piperidine rings is 1. The summed E-state index contributed by atoms with van der Waals surface area (Å²) >= 11 is 0. The number of rotatable bonds is 6. The van der Waals surface area contributed by atoms with Crippen LogP contribution in [0.1, 0.15) is 49.8 Å². The number of anilines is 2. The van der Waals surface area contributed by atoms with Crippen molar-refractivity contribution in [2.24, 2.45) is 5.92 Å². The maximum absolute atomic E-state index is 14.0. The minimum atomic E-state index is -0.455. The number of benzene rings is 1. The van der Waals surface area contributed by atoms with Crippen LogP contribution < -0.4 is 10.6 Å². The standard InChI is InChI=1S/C22H27FN6O/c1-3-4-19(17-9-15(13-24)10-18(23)11-17)28(2)22(30)16-5-7-29(8-6-16)21-12-20(25)26-14-27-21/h9-12,14,16,19H,3-8H2,1-2H3,(H2,25,26,27). The van der Waals surface area contributed by atoms with Crippen molar-refractivity contribution in [3.63, 3.8) is 0 Å². The molecule has 1 aromatic heterocycles. The van der Waals surface area contributed by atoms with Crippen LogP contribution in [-0.2, 0) is 4.79 Å². The summed E-state index contributed by atoms with van der Waals surface area (Å²) in [4.78, 5) is 25.2. The topological polar surface area (TPSA) is 99.1 Å². The molecule has 158 valence electrons. The van der Waals surface area contributed by atoms with Crippen LogP contribution in [0.3, 0.4) is 0 Å². The molecule has 2 heterocycles. The Balaban J connectivity index is 1.70. The number of amides is 1. The van der Waals surface area contributed by atoms with Crippen LogP contribution in [0.4, 0.5) is 16.0 Å². The minimum absolute atomic E-state index is 0.0538. The molecule has 1 atom stereocenters. The fourth-order valence-electron chi connectivity index (χ4n) is 4.06. The molecular weight excluding hydrogens is 383 g/mol. The number of carbonyl (C=O) groups excluding carboxylic acids is 1. The van der Waals surface area contributed by atoms with Crippen LogP contribution in [0.5, 0.6) is 0 Å². The summed E-state index contributed by atoms with van der Waals surface area (Å²) in [5.41, 5.74) is 6.68. The Labute approximate surface area is 176 Å². The van der Waals surface area contributed by atoms with Crippen molar-refractivity contribution >= 4 is 17.5 Å². The monoisotopic (exact) mass is 410 g/mol. The molecule has 1 aliphatic heterocycles. The average Bonchev–Trinajstić information content (AvgIpc) is 2.76. The summed E-state index contributed by atoms with van der Waals surface area (Å²) in [6.45, 7) is 3.44. The molecule has 0 saturated carbocycles. The van der Waals surface area contributed by atoms with Crippen molar-refractivity contribution in [1.82, 2.24) is 14.9 Å². The molecule has 3 rings (SSSR count). The second kappa shape index (κ2) is 9.53. The highest BCUT2D eigenvalue weighted by atomic mass is 19.1. The highest BCUT2D eigenvalue weighted by molar-refractivity contribution is 5.79. The Hall–Kier alpha value is -3.21. The van der Waals surface area contributed by atoms with Crippen molar-refractivity contribution in [3.8, 4) is 6.07 Å². The van der Waals surface area contributed by atoms with E-state index in [9.17, 15) is 9.18 Å². The molecule has 2 aromatic rings. The van der Waals surface area contributed by atoms with E-state index in [-0.39, 0.29) is 23.4 Å². The molecule has 30 heavy (non-hydrogen) atoms. The van der Waals surface area contributed by atoms with Gasteiger partial charge in [0.05, 0.1) is 17.7 Å². The Morgan fingerprint density at radius 3 is 2.70 bits per heavy atom. The summed E-state index contributed by atoms with van der Waals surface area (Å²) in [5, 5.41) is 9.17. The third kappa shape index (κ3) is 4.85. The lowest BCUT2D eigenvalue weighted by molar-refractivity contribution is -0.137. The molecule has 7 nitrogen and oxygen atoms in total. The van der Waals surface area contributed by atoms with Crippen LogP contribution in [0.15, 0.2) is 30.6 Å². The molecule has 1 saturated heterocycles. The van der Waals surface area contributed by atoms with Gasteiger partial charge in [-0.1, -0.05) is 13.3 Å². The van der Waals surface area contributed by atoms with Gasteiger partial charge < -0.3 is 15.5 Å². The normalized spacial score (nSPS) is 15.5. The number of hydrogen-bond donors (Lipinski definition) is 1. The Bertz CT molecular complexity index is 935. The molecule has 0 radical (unpaired) electrons. The third-order valence-electron chi connectivity index (χ3n) is 5.65. The van der Waals surface area contributed by atoms with Crippen molar-refractivity contribution in [3.05, 3.63) is 47.5 Å². The summed E-state index contributed by atoms with van der Waals surface area (Å²) in [5.74, 6) is 0.692. The number of nitrogen functional groups attached to an aromatic ring is 1. The third-order valence-corrected chi connectivity index (χ3v) is 5.65. The summed E-state index contributed by atoms with van der Waals surface area (Å²) in [6.07, 6.45) is 4.40. The zero-order chi connectivity index (χ0) is 21.7. The van der Waals surface area contributed by atoms with Crippen molar-refractivity contribution in [1.29, 1.82) is 5.26 Å². The number of nitrogens with two attached hydrogens (primary N) is 1. The smallest absolute Gasteiger partial charge is 0.226 e. The molecule has 1 fully saturated rings. The Kier molecular flexibility index (Phi) is 6.83. The first kappa shape index (κ1) is 21.5. The number of nitriles is 1. The molecular formula is C22H27FN6O. The van der Waals surface area contributed by atoms with Gasteiger partial charge in [-0.15, -0.1) is 0 Å². The van der Waals surface area contributed by atoms with E-state index < -0.39 is 5.82 Å². The van der Waals surface area contributed by atoms with Crippen LogP contribution in [0, 0.1) is 23.1 Å². The van der Waals surface area contributed by atoms with E-state index >= 15 is 0 Å². The molecule has 1 unspecified atom stereocenters. The summed E-state index contributed by atoms with van der Waals surface area (Å²) in [7, 11) is 1.77. The average molecular weight is 410 g/mol. The first-order valence-electron chi connectivity index (χ1n) is 10.2. The van der Waals surface area contributed by atoms with Crippen LogP contribution in [0.25, 0.3) is 0 Å². The highest BCUT2D eigenvalue weighted by Crippen LogP contribution is 2.30. The van der Waals surface area contributed by atoms with Crippen molar-refractivity contribution < 1.29 is 9.18 Å². The van der Waals surface area contributed by atoms with E-state index in [0.29, 0.717) is 43.7 Å². The Morgan fingerprint density at radius 1 is 1.33 bits per heavy atom. The zero-order valence-corrected chi connectivity index (χ0v) is 17.4. The quantitative estimate of drug-likeness (QED) is 0.785. The summed E-state index contributed by atoms with van der Waals surface area (Å²) < 4.78 is 14.0. The van der Waals surface area contributed by atoms with Gasteiger partial charge in [0.2, 0.25) is 5.91 Å². The highest BCUT2D eigenvalue weighted by Gasteiger charge is 2.31. The molecule has 1 aromatic carbocycles. The van der Waals surface area contributed by atoms with Gasteiger partial charge in [0.25, 0.3) is 0 Å². The molecule has 0 aliphatic carbocycles. The lowest BCUT2D eigenvalue weighted by Crippen LogP contribution is -2.42. The maximum atomic E-state index is 14.0. The van der Waals surface area contributed by atoms with E-state index in [1.54, 1.807) is 24.1 Å². The predicted molar refractivity (Wildman–Crippen MR) is 113 cm³/mol. The van der Waals surface area contributed by atoms with Gasteiger partial charge in [-0.2, -0.15) is 5.26 Å². The van der Waals surface area contributed by atoms with E-state index in [4.69, 9.17) is 11.0 Å². The fraction of sp³-hybridized carbons (Fsp3) is 0.455. The lowest BCUT2D eigenvalue weighted by Gasteiger charge is -2.36. The van der Waals surface area contributed by atoms with Gasteiger partial charge >= 0.3 is 0 Å². The molecule has 0 spiro atoms. The number of carbonyl (C=O) groups is 1. The van der Waals surface area contributed by atoms with Crippen molar-refractivity contribution in [2.45, 2.75) is 38.6 Å². The van der Waals surface area contributed by atoms with E-state index in [2.05, 4.69) is 14.9 Å². The number of aromatic nitrogens is 2. The SMILES string of the molecule is CCCC(c1cc(F)cc(C#N)c1)N(C)C(=O)C1CCN(c2cc(N)ncn2)CC1. The molecule has 1 amide bonds. The first-order valence-corrected chi connectivity index (χ1v) is 10.2. The van der Waals surface area contributed by atoms with Crippen LogP contribution in [0.2, 0.25) is 0 Å². The predicted octanol–water partition coefficient (Wildman–Crippen LogP) is 3.29. The lowest BCUT2D eigenvalue weighted by atomic mass is 9.92. The van der Waals surface area contributed by atoms with E-state index in [1.165, 1.54) is 18.5 Å². The zero-order valence-electron chi connectivity index (χ0n) is 17.4. The number of nitrogens with zero attached hydrogens (tertiary/aromatic N) is 5. The molecule has 8 heteroatoms. The van der Waals surface area contributed by atoms with Crippen LogP contribution in [-0.4, -0.2) is 40.9 Å². The summed E-state index contributed by atoms with van der Waals surface area (Å²) in [6, 6.07) is 7.78. The minimum Gasteiger partial charge on any atom is -0.384 e. The van der Waals surface area contributed by atoms with Gasteiger partial charge in [0, 0.05) is 32.1 Å². The molecule has 2 N–H and O–H groups in total. The van der Waals surface area contributed by atoms with E-state index in [0.717, 1.165) is 12.2 Å².